The van der Waals surface area contributed by atoms with E-state index in [2.05, 4.69) is 25.8 Å². The van der Waals surface area contributed by atoms with Gasteiger partial charge in [-0.2, -0.15) is 0 Å². The van der Waals surface area contributed by atoms with Gasteiger partial charge in [-0.25, -0.2) is 9.59 Å². The Morgan fingerprint density at radius 3 is 2.50 bits per heavy atom. The number of nitrogens with one attached hydrogen (secondary N) is 4. The van der Waals surface area contributed by atoms with Crippen molar-refractivity contribution in [2.45, 2.75) is 44.4 Å². The number of hydrogen-bond donors (Lipinski definition) is 6. The van der Waals surface area contributed by atoms with Gasteiger partial charge < -0.3 is 44.5 Å². The highest BCUT2D eigenvalue weighted by Gasteiger charge is 2.24. The monoisotopic (exact) mass is 860 g/mol. The molecule has 15 nitrogen and oxygen atoms in total. The van der Waals surface area contributed by atoms with Crippen molar-refractivity contribution in [2.75, 3.05) is 64.1 Å². The molecule has 1 fully saturated rings. The number of thiazole rings is 1. The van der Waals surface area contributed by atoms with Crippen LogP contribution in [0.25, 0.3) is 21.3 Å². The number of hydrogen-bond acceptors (Lipinski definition) is 12. The summed E-state index contributed by atoms with van der Waals surface area (Å²) < 4.78 is 17.1. The molecule has 6 N–H and O–H groups in total. The number of piperidine rings is 1. The molecule has 3 amide bonds. The van der Waals surface area contributed by atoms with Crippen LogP contribution in [0.3, 0.4) is 0 Å². The van der Waals surface area contributed by atoms with E-state index in [1.165, 1.54) is 13.2 Å². The summed E-state index contributed by atoms with van der Waals surface area (Å²) in [7, 11) is 3.20. The van der Waals surface area contributed by atoms with Gasteiger partial charge in [0.2, 0.25) is 5.91 Å². The third kappa shape index (κ3) is 11.8. The fourth-order valence-electron chi connectivity index (χ4n) is 6.96. The van der Waals surface area contributed by atoms with Crippen LogP contribution < -0.4 is 25.6 Å². The van der Waals surface area contributed by atoms with E-state index in [0.29, 0.717) is 79.1 Å². The van der Waals surface area contributed by atoms with E-state index in [-0.39, 0.29) is 58.6 Å². The van der Waals surface area contributed by atoms with Gasteiger partial charge >= 0.3 is 17.1 Å². The zero-order valence-corrected chi connectivity index (χ0v) is 34.9. The number of carbonyl (C=O) groups is 3. The number of rotatable bonds is 17. The highest BCUT2D eigenvalue weighted by Crippen LogP contribution is 2.33. The summed E-state index contributed by atoms with van der Waals surface area (Å²) in [6, 6.07) is 23.7. The number of likely N-dealkylation sites (tertiary alicyclic amines) is 1. The van der Waals surface area contributed by atoms with Crippen molar-refractivity contribution in [3.05, 3.63) is 105 Å². The molecule has 1 atom stereocenters. The lowest BCUT2D eigenvalue weighted by molar-refractivity contribution is -0.130. The first-order valence-electron chi connectivity index (χ1n) is 19.6. The van der Waals surface area contributed by atoms with E-state index in [1.54, 1.807) is 30.1 Å². The molecular weight excluding hydrogens is 812 g/mol. The molecule has 1 aromatic heterocycles. The summed E-state index contributed by atoms with van der Waals surface area (Å²) in [6.45, 7) is 2.89. The van der Waals surface area contributed by atoms with Crippen LogP contribution in [0, 0.1) is 0 Å². The van der Waals surface area contributed by atoms with Crippen LogP contribution in [-0.2, 0) is 20.8 Å². The van der Waals surface area contributed by atoms with E-state index < -0.39 is 18.3 Å². The standard InChI is InChI=1S/C43H49ClN6O9S/c1-49(38(53)17-21-50-19-15-29(16-20-50)59-42(55)46-33-12-7-6-11-30(33)27-9-4-3-5-10-27)18-8-22-58-41(54)47-34-24-37(57-2)28(23-32(34)44)25-45-26-36(52)31-13-14-35(51)39-40(31)60-43(56)48-39/h3-7,9-14,23-24,29,36,45,51-52H,8,15-22,25-26H2,1-2H3,(H,46,55)(H,47,54)(H,48,56). The predicted octanol–water partition coefficient (Wildman–Crippen LogP) is 6.95. The molecule has 0 radical (unpaired) electrons. The Hall–Kier alpha value is -5.65. The summed E-state index contributed by atoms with van der Waals surface area (Å²) >= 11 is 7.41. The topological polar surface area (TPSA) is 195 Å². The molecular formula is C43H49ClN6O9S. The zero-order valence-electron chi connectivity index (χ0n) is 33.4. The SMILES string of the molecule is COc1cc(NC(=O)OCCCN(C)C(=O)CCN2CCC(OC(=O)Nc3ccccc3-c3ccccc3)CC2)c(Cl)cc1CNCC(O)c1ccc(O)c2[nH]c(=O)sc12. The predicted molar refractivity (Wildman–Crippen MR) is 232 cm³/mol. The molecule has 2 heterocycles. The quantitative estimate of drug-likeness (QED) is 0.0530. The first-order valence-corrected chi connectivity index (χ1v) is 20.8. The molecule has 1 saturated heterocycles. The summed E-state index contributed by atoms with van der Waals surface area (Å²) in [5.41, 5.74) is 4.35. The smallest absolute Gasteiger partial charge is 0.411 e. The number of phenolic OH excluding ortho intramolecular Hbond substituents is 1. The van der Waals surface area contributed by atoms with Gasteiger partial charge in [0.1, 0.15) is 23.1 Å². The largest absolute Gasteiger partial charge is 0.506 e. The maximum atomic E-state index is 12.9. The third-order valence-corrected chi connectivity index (χ3v) is 11.4. The van der Waals surface area contributed by atoms with Gasteiger partial charge in [-0.3, -0.25) is 20.2 Å². The lowest BCUT2D eigenvalue weighted by Gasteiger charge is -2.31. The second kappa shape index (κ2) is 21.0. The molecule has 17 heteroatoms. The van der Waals surface area contributed by atoms with Crippen LogP contribution in [0.4, 0.5) is 21.0 Å². The van der Waals surface area contributed by atoms with E-state index in [0.717, 1.165) is 22.5 Å². The molecule has 1 aliphatic rings. The average molecular weight is 861 g/mol. The Morgan fingerprint density at radius 2 is 1.73 bits per heavy atom. The lowest BCUT2D eigenvalue weighted by Crippen LogP contribution is -2.40. The van der Waals surface area contributed by atoms with Gasteiger partial charge in [0.05, 0.1) is 40.9 Å². The number of aromatic amines is 1. The van der Waals surface area contributed by atoms with E-state index >= 15 is 0 Å². The number of H-pyrrole nitrogens is 1. The number of carbonyl (C=O) groups excluding carboxylic acids is 3. The zero-order chi connectivity index (χ0) is 42.6. The molecule has 1 aliphatic heterocycles. The van der Waals surface area contributed by atoms with Crippen molar-refractivity contribution in [1.82, 2.24) is 20.1 Å². The number of ether oxygens (including phenoxy) is 3. The van der Waals surface area contributed by atoms with Gasteiger partial charge in [-0.1, -0.05) is 77.5 Å². The number of fused-ring (bicyclic) bond motifs is 1. The summed E-state index contributed by atoms with van der Waals surface area (Å²) in [5, 5.41) is 29.8. The van der Waals surface area contributed by atoms with Gasteiger partial charge in [0, 0.05) is 75.5 Å². The van der Waals surface area contributed by atoms with Crippen LogP contribution in [0.15, 0.2) is 83.7 Å². The van der Waals surface area contributed by atoms with Crippen molar-refractivity contribution in [3.8, 4) is 22.6 Å². The second-order valence-electron chi connectivity index (χ2n) is 14.3. The minimum atomic E-state index is -0.969. The minimum Gasteiger partial charge on any atom is -0.506 e. The maximum absolute atomic E-state index is 12.9. The molecule has 4 aromatic carbocycles. The van der Waals surface area contributed by atoms with Gasteiger partial charge in [-0.15, -0.1) is 0 Å². The first kappa shape index (κ1) is 43.9. The Labute approximate surface area is 356 Å². The number of methoxy groups -OCH3 is 1. The van der Waals surface area contributed by atoms with Crippen LogP contribution in [0.1, 0.15) is 42.9 Å². The Bertz CT molecular complexity index is 2320. The lowest BCUT2D eigenvalue weighted by atomic mass is 10.0. The second-order valence-corrected chi connectivity index (χ2v) is 15.7. The number of halogens is 1. The molecule has 318 valence electrons. The number of aliphatic hydroxyl groups excluding tert-OH is 1. The van der Waals surface area contributed by atoms with Gasteiger partial charge in [-0.05, 0) is 43.0 Å². The van der Waals surface area contributed by atoms with Crippen LogP contribution >= 0.6 is 22.9 Å². The Morgan fingerprint density at radius 1 is 1.00 bits per heavy atom. The summed E-state index contributed by atoms with van der Waals surface area (Å²) in [5.74, 6) is 0.349. The fraction of sp³-hybridized carbons (Fsp3) is 0.349. The number of phenols is 1. The number of aromatic nitrogens is 1. The summed E-state index contributed by atoms with van der Waals surface area (Å²) in [6.07, 6.45) is -0.250. The number of benzene rings is 4. The van der Waals surface area contributed by atoms with E-state index in [1.807, 2.05) is 54.6 Å². The number of aromatic hydroxyl groups is 1. The number of aliphatic hydroxyl groups is 1. The molecule has 6 rings (SSSR count). The van der Waals surface area contributed by atoms with Crippen molar-refractivity contribution in [2.24, 2.45) is 0 Å². The number of amides is 3. The average Bonchev–Trinajstić information content (AvgIpc) is 3.65. The number of nitrogens with zero attached hydrogens (tertiary/aromatic N) is 2. The third-order valence-electron chi connectivity index (χ3n) is 10.2. The Kier molecular flexibility index (Phi) is 15.4. The first-order chi connectivity index (χ1) is 29.0. The Balaban J connectivity index is 0.855. The van der Waals surface area contributed by atoms with Crippen LogP contribution in [0.2, 0.25) is 5.02 Å². The van der Waals surface area contributed by atoms with Crippen LogP contribution in [-0.4, -0.2) is 103 Å². The molecule has 0 spiro atoms. The molecule has 5 aromatic rings. The van der Waals surface area contributed by atoms with Crippen molar-refractivity contribution in [3.63, 3.8) is 0 Å². The normalized spacial score (nSPS) is 13.7. The number of para-hydroxylation sites is 1. The maximum Gasteiger partial charge on any atom is 0.411 e. The van der Waals surface area contributed by atoms with Crippen molar-refractivity contribution in [1.29, 1.82) is 0 Å². The molecule has 1 unspecified atom stereocenters. The summed E-state index contributed by atoms with van der Waals surface area (Å²) in [4.78, 5) is 56.1. The van der Waals surface area contributed by atoms with E-state index in [9.17, 15) is 29.4 Å². The van der Waals surface area contributed by atoms with Crippen molar-refractivity contribution < 1.29 is 38.8 Å². The minimum absolute atomic E-state index is 0.0195. The fourth-order valence-corrected chi connectivity index (χ4v) is 8.11. The number of anilines is 2. The van der Waals surface area contributed by atoms with Crippen molar-refractivity contribution >= 4 is 62.6 Å². The van der Waals surface area contributed by atoms with Gasteiger partial charge in [0.15, 0.2) is 0 Å². The van der Waals surface area contributed by atoms with E-state index in [4.69, 9.17) is 25.8 Å². The van der Waals surface area contributed by atoms with Crippen LogP contribution in [0.5, 0.6) is 11.5 Å². The van der Waals surface area contributed by atoms with Gasteiger partial charge in [0.25, 0.3) is 0 Å². The molecule has 0 bridgehead atoms. The highest BCUT2D eigenvalue weighted by molar-refractivity contribution is 7.16. The molecule has 0 aliphatic carbocycles. The highest BCUT2D eigenvalue weighted by atomic mass is 35.5. The molecule has 0 saturated carbocycles. The molecule has 60 heavy (non-hydrogen) atoms.